The minimum Gasteiger partial charge on any atom is -0.481 e. The highest BCUT2D eigenvalue weighted by molar-refractivity contribution is 7.98. The van der Waals surface area contributed by atoms with Gasteiger partial charge in [-0.2, -0.15) is 0 Å². The van der Waals surface area contributed by atoms with Crippen LogP contribution in [0.15, 0.2) is 53.4 Å². The number of fused-ring (bicyclic) bond motifs is 1. The topological polar surface area (TPSA) is 66.4 Å². The summed E-state index contributed by atoms with van der Waals surface area (Å²) >= 11 is 1.50. The number of nitrogens with one attached hydrogen (secondary N) is 1. The second kappa shape index (κ2) is 6.46. The summed E-state index contributed by atoms with van der Waals surface area (Å²) in [5, 5.41) is 12.4. The molecule has 0 fully saturated rings. The highest BCUT2D eigenvalue weighted by Crippen LogP contribution is 2.36. The monoisotopic (exact) mass is 327 g/mol. The third-order valence-corrected chi connectivity index (χ3v) is 4.98. The fourth-order valence-electron chi connectivity index (χ4n) is 3.05. The highest BCUT2D eigenvalue weighted by atomic mass is 32.2. The van der Waals surface area contributed by atoms with Gasteiger partial charge in [0, 0.05) is 4.90 Å². The van der Waals surface area contributed by atoms with E-state index in [1.165, 1.54) is 11.8 Å². The third kappa shape index (κ3) is 2.97. The van der Waals surface area contributed by atoms with Crippen molar-refractivity contribution in [3.63, 3.8) is 0 Å². The minimum atomic E-state index is -0.885. The number of hydrogen-bond donors (Lipinski definition) is 2. The summed E-state index contributed by atoms with van der Waals surface area (Å²) < 4.78 is 0. The SMILES string of the molecule is CSc1ccccc1C(=O)NC1c2ccccc2CC1C(=O)O. The Hall–Kier alpha value is -2.27. The van der Waals surface area contributed by atoms with Crippen molar-refractivity contribution in [1.82, 2.24) is 5.32 Å². The number of carboxylic acid groups (broad SMARTS) is 1. The molecule has 2 aromatic carbocycles. The van der Waals surface area contributed by atoms with Gasteiger partial charge in [-0.1, -0.05) is 36.4 Å². The largest absolute Gasteiger partial charge is 0.481 e. The molecule has 0 radical (unpaired) electrons. The minimum absolute atomic E-state index is 0.233. The fraction of sp³-hybridized carbons (Fsp3) is 0.222. The number of aliphatic carboxylic acids is 1. The van der Waals surface area contributed by atoms with E-state index >= 15 is 0 Å². The van der Waals surface area contributed by atoms with Gasteiger partial charge in [0.25, 0.3) is 5.91 Å². The molecule has 0 aliphatic heterocycles. The van der Waals surface area contributed by atoms with Gasteiger partial charge in [-0.05, 0) is 35.9 Å². The van der Waals surface area contributed by atoms with Gasteiger partial charge in [0.1, 0.15) is 0 Å². The predicted molar refractivity (Wildman–Crippen MR) is 89.7 cm³/mol. The van der Waals surface area contributed by atoms with Gasteiger partial charge in [-0.25, -0.2) is 0 Å². The molecule has 0 saturated carbocycles. The van der Waals surface area contributed by atoms with E-state index in [1.54, 1.807) is 6.07 Å². The summed E-state index contributed by atoms with van der Waals surface area (Å²) in [6.07, 6.45) is 2.36. The van der Waals surface area contributed by atoms with Crippen LogP contribution in [0, 0.1) is 5.92 Å². The van der Waals surface area contributed by atoms with Crippen molar-refractivity contribution in [2.75, 3.05) is 6.26 Å². The van der Waals surface area contributed by atoms with E-state index < -0.39 is 17.9 Å². The van der Waals surface area contributed by atoms with Crippen molar-refractivity contribution in [3.8, 4) is 0 Å². The maximum Gasteiger partial charge on any atom is 0.309 e. The van der Waals surface area contributed by atoms with Crippen molar-refractivity contribution in [2.45, 2.75) is 17.4 Å². The summed E-state index contributed by atoms with van der Waals surface area (Å²) in [6, 6.07) is 14.4. The van der Waals surface area contributed by atoms with Gasteiger partial charge in [-0.3, -0.25) is 9.59 Å². The smallest absolute Gasteiger partial charge is 0.309 e. The molecule has 5 heteroatoms. The van der Waals surface area contributed by atoms with Crippen LogP contribution in [0.2, 0.25) is 0 Å². The molecule has 1 aliphatic carbocycles. The molecular weight excluding hydrogens is 310 g/mol. The molecule has 2 atom stereocenters. The second-order valence-corrected chi connectivity index (χ2v) is 6.35. The van der Waals surface area contributed by atoms with E-state index in [0.717, 1.165) is 16.0 Å². The van der Waals surface area contributed by atoms with Gasteiger partial charge < -0.3 is 10.4 Å². The van der Waals surface area contributed by atoms with Gasteiger partial charge in [0.15, 0.2) is 0 Å². The maximum absolute atomic E-state index is 12.6. The zero-order valence-electron chi connectivity index (χ0n) is 12.7. The van der Waals surface area contributed by atoms with Crippen LogP contribution >= 0.6 is 11.8 Å². The molecule has 0 aromatic heterocycles. The van der Waals surface area contributed by atoms with Crippen LogP contribution in [0.3, 0.4) is 0 Å². The predicted octanol–water partition coefficient (Wildman–Crippen LogP) is 3.14. The third-order valence-electron chi connectivity index (χ3n) is 4.19. The van der Waals surface area contributed by atoms with Gasteiger partial charge >= 0.3 is 5.97 Å². The van der Waals surface area contributed by atoms with Crippen LogP contribution in [-0.4, -0.2) is 23.2 Å². The van der Waals surface area contributed by atoms with E-state index in [9.17, 15) is 14.7 Å². The van der Waals surface area contributed by atoms with E-state index in [4.69, 9.17) is 0 Å². The first-order valence-electron chi connectivity index (χ1n) is 7.36. The van der Waals surface area contributed by atoms with Crippen LogP contribution < -0.4 is 5.32 Å². The summed E-state index contributed by atoms with van der Waals surface area (Å²) in [6.45, 7) is 0. The number of benzene rings is 2. The van der Waals surface area contributed by atoms with E-state index in [0.29, 0.717) is 12.0 Å². The Morgan fingerprint density at radius 1 is 1.13 bits per heavy atom. The Bertz CT molecular complexity index is 759. The number of carbonyl (C=O) groups is 2. The molecule has 0 heterocycles. The Morgan fingerprint density at radius 2 is 1.83 bits per heavy atom. The summed E-state index contributed by atoms with van der Waals surface area (Å²) in [5.74, 6) is -1.75. The van der Waals surface area contributed by atoms with Crippen LogP contribution in [0.1, 0.15) is 27.5 Å². The summed E-state index contributed by atoms with van der Waals surface area (Å²) in [5.41, 5.74) is 2.46. The molecule has 3 rings (SSSR count). The lowest BCUT2D eigenvalue weighted by atomic mass is 10.0. The lowest BCUT2D eigenvalue weighted by Gasteiger charge is -2.19. The molecule has 1 aliphatic rings. The molecule has 2 N–H and O–H groups in total. The summed E-state index contributed by atoms with van der Waals surface area (Å²) in [4.78, 5) is 25.1. The van der Waals surface area contributed by atoms with Crippen LogP contribution in [0.4, 0.5) is 0 Å². The molecule has 0 spiro atoms. The fourth-order valence-corrected chi connectivity index (χ4v) is 3.65. The lowest BCUT2D eigenvalue weighted by molar-refractivity contribution is -0.142. The van der Waals surface area contributed by atoms with E-state index in [-0.39, 0.29) is 5.91 Å². The molecule has 2 unspecified atom stereocenters. The number of hydrogen-bond acceptors (Lipinski definition) is 3. The molecule has 0 bridgehead atoms. The molecule has 0 saturated heterocycles. The van der Waals surface area contributed by atoms with Crippen molar-refractivity contribution < 1.29 is 14.7 Å². The lowest BCUT2D eigenvalue weighted by Crippen LogP contribution is -2.34. The van der Waals surface area contributed by atoms with Gasteiger partial charge in [0.05, 0.1) is 17.5 Å². The van der Waals surface area contributed by atoms with Crippen molar-refractivity contribution in [1.29, 1.82) is 0 Å². The van der Waals surface area contributed by atoms with E-state index in [1.807, 2.05) is 48.7 Å². The van der Waals surface area contributed by atoms with Crippen LogP contribution in [0.5, 0.6) is 0 Å². The first kappa shape index (κ1) is 15.6. The number of thioether (sulfide) groups is 1. The molecule has 1 amide bonds. The molecule has 118 valence electrons. The molecule has 4 nitrogen and oxygen atoms in total. The highest BCUT2D eigenvalue weighted by Gasteiger charge is 2.38. The number of carbonyl (C=O) groups excluding carboxylic acids is 1. The Labute approximate surface area is 138 Å². The molecule has 2 aromatic rings. The first-order chi connectivity index (χ1) is 11.1. The summed E-state index contributed by atoms with van der Waals surface area (Å²) in [7, 11) is 0. The maximum atomic E-state index is 12.6. The molecular formula is C18H17NO3S. The molecule has 23 heavy (non-hydrogen) atoms. The first-order valence-corrected chi connectivity index (χ1v) is 8.58. The van der Waals surface area contributed by atoms with Gasteiger partial charge in [0.2, 0.25) is 0 Å². The standard InChI is InChI=1S/C18H17NO3S/c1-23-15-9-5-4-8-13(15)17(20)19-16-12-7-3-2-6-11(12)10-14(16)18(21)22/h2-9,14,16H,10H2,1H3,(H,19,20)(H,21,22). The Kier molecular flexibility index (Phi) is 4.39. The quantitative estimate of drug-likeness (QED) is 0.847. The average molecular weight is 327 g/mol. The van der Waals surface area contributed by atoms with Crippen molar-refractivity contribution in [2.24, 2.45) is 5.92 Å². The number of carboxylic acids is 1. The zero-order chi connectivity index (χ0) is 16.4. The van der Waals surface area contributed by atoms with E-state index in [2.05, 4.69) is 5.32 Å². The van der Waals surface area contributed by atoms with Crippen molar-refractivity contribution >= 4 is 23.6 Å². The zero-order valence-corrected chi connectivity index (χ0v) is 13.5. The van der Waals surface area contributed by atoms with Crippen molar-refractivity contribution in [3.05, 3.63) is 65.2 Å². The van der Waals surface area contributed by atoms with Crippen LogP contribution in [0.25, 0.3) is 0 Å². The Balaban J connectivity index is 1.91. The Morgan fingerprint density at radius 3 is 2.57 bits per heavy atom. The number of rotatable bonds is 4. The average Bonchev–Trinajstić information content (AvgIpc) is 2.94. The van der Waals surface area contributed by atoms with Gasteiger partial charge in [-0.15, -0.1) is 11.8 Å². The van der Waals surface area contributed by atoms with Crippen LogP contribution in [-0.2, 0) is 11.2 Å². The number of amides is 1. The second-order valence-electron chi connectivity index (χ2n) is 5.50. The normalized spacial score (nSPS) is 19.2.